The smallest absolute Gasteiger partial charge is 0.273 e. The monoisotopic (exact) mass is 295 g/mol. The van der Waals surface area contributed by atoms with Crippen LogP contribution in [0.15, 0.2) is 42.6 Å². The topological polar surface area (TPSA) is 71.1 Å². The van der Waals surface area contributed by atoms with Gasteiger partial charge in [-0.3, -0.25) is 25.4 Å². The minimum atomic E-state index is -0.428. The van der Waals surface area contributed by atoms with E-state index in [0.717, 1.165) is 18.4 Å². The molecule has 1 aromatic heterocycles. The van der Waals surface area contributed by atoms with Crippen molar-refractivity contribution in [3.05, 3.63) is 65.0 Å². The molecular weight excluding hydrogens is 278 g/mol. The summed E-state index contributed by atoms with van der Waals surface area (Å²) in [6, 6.07) is 11.2. The molecule has 0 atom stereocenters. The summed E-state index contributed by atoms with van der Waals surface area (Å²) in [6.45, 7) is 0. The lowest BCUT2D eigenvalue weighted by Gasteiger charge is -2.08. The number of benzene rings is 1. The number of hydrazine groups is 1. The normalized spacial score (nSPS) is 12.5. The van der Waals surface area contributed by atoms with Crippen LogP contribution in [-0.2, 0) is 24.1 Å². The predicted molar refractivity (Wildman–Crippen MR) is 82.0 cm³/mol. The first kappa shape index (κ1) is 14.3. The van der Waals surface area contributed by atoms with E-state index < -0.39 is 5.91 Å². The van der Waals surface area contributed by atoms with Crippen LogP contribution in [0.4, 0.5) is 0 Å². The Morgan fingerprint density at radius 1 is 1.05 bits per heavy atom. The zero-order valence-corrected chi connectivity index (χ0v) is 12.1. The third kappa shape index (κ3) is 3.31. The molecule has 0 radical (unpaired) electrons. The molecule has 0 saturated heterocycles. The Kier molecular flexibility index (Phi) is 4.14. The Bertz CT molecular complexity index is 698. The van der Waals surface area contributed by atoms with Crippen LogP contribution in [0, 0.1) is 0 Å². The van der Waals surface area contributed by atoms with Crippen LogP contribution in [-0.4, -0.2) is 16.8 Å². The summed E-state index contributed by atoms with van der Waals surface area (Å²) in [7, 11) is 0. The number of carbonyl (C=O) groups excluding carboxylic acids is 2. The van der Waals surface area contributed by atoms with Crippen LogP contribution in [0.2, 0.25) is 0 Å². The van der Waals surface area contributed by atoms with Crippen LogP contribution >= 0.6 is 0 Å². The van der Waals surface area contributed by atoms with Crippen molar-refractivity contribution in [1.29, 1.82) is 0 Å². The molecule has 2 amide bonds. The first-order valence-corrected chi connectivity index (χ1v) is 7.33. The number of hydrogen-bond donors (Lipinski definition) is 2. The Morgan fingerprint density at radius 2 is 1.91 bits per heavy atom. The second kappa shape index (κ2) is 6.39. The van der Waals surface area contributed by atoms with E-state index in [1.165, 1.54) is 23.7 Å². The fourth-order valence-electron chi connectivity index (χ4n) is 2.65. The zero-order chi connectivity index (χ0) is 15.4. The molecule has 5 nitrogen and oxygen atoms in total. The average Bonchev–Trinajstić information content (AvgIpc) is 3.01. The number of nitrogens with one attached hydrogen (secondary N) is 2. The van der Waals surface area contributed by atoms with Crippen molar-refractivity contribution in [1.82, 2.24) is 15.8 Å². The summed E-state index contributed by atoms with van der Waals surface area (Å²) < 4.78 is 0. The van der Waals surface area contributed by atoms with Crippen molar-refractivity contribution in [2.75, 3.05) is 0 Å². The highest BCUT2D eigenvalue weighted by molar-refractivity contribution is 5.93. The number of fused-ring (bicyclic) bond motifs is 1. The molecule has 0 bridgehead atoms. The molecule has 1 aliphatic rings. The van der Waals surface area contributed by atoms with E-state index in [2.05, 4.69) is 28.0 Å². The molecule has 0 unspecified atom stereocenters. The number of aromatic nitrogens is 1. The van der Waals surface area contributed by atoms with Crippen molar-refractivity contribution >= 4 is 11.8 Å². The van der Waals surface area contributed by atoms with E-state index in [4.69, 9.17) is 0 Å². The average molecular weight is 295 g/mol. The van der Waals surface area contributed by atoms with Gasteiger partial charge in [-0.1, -0.05) is 24.3 Å². The highest BCUT2D eigenvalue weighted by Gasteiger charge is 2.13. The summed E-state index contributed by atoms with van der Waals surface area (Å²) in [5, 5.41) is 0. The largest absolute Gasteiger partial charge is 0.288 e. The SMILES string of the molecule is O=C(Cc1ccc2c(c1)CCC2)NNC(=O)c1ccccn1. The maximum Gasteiger partial charge on any atom is 0.288 e. The zero-order valence-electron chi connectivity index (χ0n) is 12.1. The lowest BCUT2D eigenvalue weighted by Crippen LogP contribution is -2.42. The van der Waals surface area contributed by atoms with Gasteiger partial charge in [0.05, 0.1) is 6.42 Å². The third-order valence-corrected chi connectivity index (χ3v) is 3.74. The summed E-state index contributed by atoms with van der Waals surface area (Å²) >= 11 is 0. The Labute approximate surface area is 128 Å². The van der Waals surface area contributed by atoms with Crippen LogP contribution in [0.25, 0.3) is 0 Å². The quantitative estimate of drug-likeness (QED) is 0.844. The molecule has 1 aromatic carbocycles. The van der Waals surface area contributed by atoms with Crippen LogP contribution in [0.1, 0.15) is 33.6 Å². The van der Waals surface area contributed by atoms with Crippen molar-refractivity contribution in [2.45, 2.75) is 25.7 Å². The Hall–Kier alpha value is -2.69. The van der Waals surface area contributed by atoms with E-state index in [-0.39, 0.29) is 18.0 Å². The number of amides is 2. The lowest BCUT2D eigenvalue weighted by molar-refractivity contribution is -0.121. The van der Waals surface area contributed by atoms with Crippen LogP contribution in [0.3, 0.4) is 0 Å². The minimum absolute atomic E-state index is 0.246. The molecule has 0 fully saturated rings. The molecule has 0 spiro atoms. The standard InChI is InChI=1S/C17H17N3O2/c21-16(19-20-17(22)15-6-1-2-9-18-15)11-12-7-8-13-4-3-5-14(13)10-12/h1-2,6-10H,3-5,11H2,(H,19,21)(H,20,22). The number of aryl methyl sites for hydroxylation is 2. The molecule has 112 valence electrons. The van der Waals surface area contributed by atoms with E-state index in [1.54, 1.807) is 18.2 Å². The molecule has 5 heteroatoms. The van der Waals surface area contributed by atoms with Crippen LogP contribution in [0.5, 0.6) is 0 Å². The van der Waals surface area contributed by atoms with Gasteiger partial charge in [-0.25, -0.2) is 0 Å². The number of rotatable bonds is 3. The summed E-state index contributed by atoms with van der Waals surface area (Å²) in [6.07, 6.45) is 5.17. The molecule has 0 saturated carbocycles. The third-order valence-electron chi connectivity index (χ3n) is 3.74. The van der Waals surface area contributed by atoms with Gasteiger partial charge in [-0.15, -0.1) is 0 Å². The fourth-order valence-corrected chi connectivity index (χ4v) is 2.65. The highest BCUT2D eigenvalue weighted by Crippen LogP contribution is 2.22. The molecule has 1 heterocycles. The van der Waals surface area contributed by atoms with Crippen LogP contribution < -0.4 is 10.9 Å². The highest BCUT2D eigenvalue weighted by atomic mass is 16.2. The molecule has 3 rings (SSSR count). The summed E-state index contributed by atoms with van der Waals surface area (Å²) in [5.41, 5.74) is 8.73. The van der Waals surface area contributed by atoms with Gasteiger partial charge in [0.25, 0.3) is 5.91 Å². The van der Waals surface area contributed by atoms with Gasteiger partial charge in [0.15, 0.2) is 0 Å². The second-order valence-electron chi connectivity index (χ2n) is 5.35. The molecule has 2 N–H and O–H groups in total. The maximum atomic E-state index is 11.9. The van der Waals surface area contributed by atoms with E-state index in [9.17, 15) is 9.59 Å². The van der Waals surface area contributed by atoms with Gasteiger partial charge in [0.1, 0.15) is 5.69 Å². The fraction of sp³-hybridized carbons (Fsp3) is 0.235. The molecule has 0 aliphatic heterocycles. The first-order chi connectivity index (χ1) is 10.7. The van der Waals surface area contributed by atoms with E-state index in [0.29, 0.717) is 0 Å². The van der Waals surface area contributed by atoms with Crippen molar-refractivity contribution in [2.24, 2.45) is 0 Å². The minimum Gasteiger partial charge on any atom is -0.273 e. The van der Waals surface area contributed by atoms with Gasteiger partial charge in [0.2, 0.25) is 5.91 Å². The van der Waals surface area contributed by atoms with Gasteiger partial charge in [0, 0.05) is 6.20 Å². The molecule has 22 heavy (non-hydrogen) atoms. The number of carbonyl (C=O) groups is 2. The van der Waals surface area contributed by atoms with E-state index >= 15 is 0 Å². The number of nitrogens with zero attached hydrogens (tertiary/aromatic N) is 1. The van der Waals surface area contributed by atoms with Crippen molar-refractivity contribution in [3.8, 4) is 0 Å². The maximum absolute atomic E-state index is 11.9. The van der Waals surface area contributed by atoms with Gasteiger partial charge in [-0.05, 0) is 48.1 Å². The Morgan fingerprint density at radius 3 is 2.73 bits per heavy atom. The van der Waals surface area contributed by atoms with Gasteiger partial charge in [-0.2, -0.15) is 0 Å². The molecular formula is C17H17N3O2. The lowest BCUT2D eigenvalue weighted by atomic mass is 10.0. The van der Waals surface area contributed by atoms with Gasteiger partial charge < -0.3 is 0 Å². The summed E-state index contributed by atoms with van der Waals surface area (Å²) in [4.78, 5) is 27.6. The Balaban J connectivity index is 1.53. The number of pyridine rings is 1. The van der Waals surface area contributed by atoms with E-state index in [1.807, 2.05) is 6.07 Å². The first-order valence-electron chi connectivity index (χ1n) is 7.33. The number of hydrogen-bond acceptors (Lipinski definition) is 3. The molecule has 2 aromatic rings. The van der Waals surface area contributed by atoms with Crippen molar-refractivity contribution < 1.29 is 9.59 Å². The molecule has 1 aliphatic carbocycles. The predicted octanol–water partition coefficient (Wildman–Crippen LogP) is 1.57. The second-order valence-corrected chi connectivity index (χ2v) is 5.35. The van der Waals surface area contributed by atoms with Crippen molar-refractivity contribution in [3.63, 3.8) is 0 Å². The van der Waals surface area contributed by atoms with Gasteiger partial charge >= 0.3 is 0 Å². The summed E-state index contributed by atoms with van der Waals surface area (Å²) in [5.74, 6) is -0.676.